The molecule has 0 unspecified atom stereocenters. The summed E-state index contributed by atoms with van der Waals surface area (Å²) in [6.07, 6.45) is 6.38. The first-order valence-electron chi connectivity index (χ1n) is 11.3. The third-order valence-electron chi connectivity index (χ3n) is 6.43. The third-order valence-corrected chi connectivity index (χ3v) is 7.59. The predicted molar refractivity (Wildman–Crippen MR) is 129 cm³/mol. The highest BCUT2D eigenvalue weighted by atomic mass is 32.1. The largest absolute Gasteiger partial charge is 0.467 e. The van der Waals surface area contributed by atoms with E-state index in [0.29, 0.717) is 23.8 Å². The van der Waals surface area contributed by atoms with Crippen molar-refractivity contribution in [2.24, 2.45) is 16.3 Å². The van der Waals surface area contributed by atoms with Gasteiger partial charge in [0.2, 0.25) is 6.79 Å². The van der Waals surface area contributed by atoms with E-state index in [1.807, 2.05) is 30.3 Å². The van der Waals surface area contributed by atoms with Gasteiger partial charge in [0.15, 0.2) is 11.5 Å². The molecule has 2 aromatic heterocycles. The lowest BCUT2D eigenvalue weighted by Crippen LogP contribution is -2.28. The molecule has 0 fully saturated rings. The Labute approximate surface area is 197 Å². The van der Waals surface area contributed by atoms with E-state index in [-0.39, 0.29) is 18.1 Å². The molecule has 1 aromatic carbocycles. The van der Waals surface area contributed by atoms with Crippen LogP contribution in [-0.4, -0.2) is 18.9 Å². The second-order valence-electron chi connectivity index (χ2n) is 9.62. The molecule has 172 valence electrons. The summed E-state index contributed by atoms with van der Waals surface area (Å²) in [5, 5.41) is 3.77. The second kappa shape index (κ2) is 8.71. The first kappa shape index (κ1) is 21.8. The number of amides is 1. The minimum Gasteiger partial charge on any atom is -0.467 e. The maximum Gasteiger partial charge on any atom is 0.255 e. The van der Waals surface area contributed by atoms with Crippen molar-refractivity contribution in [3.8, 4) is 11.5 Å². The summed E-state index contributed by atoms with van der Waals surface area (Å²) < 4.78 is 16.2. The molecule has 6 nitrogen and oxygen atoms in total. The summed E-state index contributed by atoms with van der Waals surface area (Å²) >= 11 is 1.64. The van der Waals surface area contributed by atoms with Crippen LogP contribution in [0.15, 0.2) is 46.0 Å². The number of carbonyl (C=O) groups excluding carboxylic acids is 1. The fourth-order valence-electron chi connectivity index (χ4n) is 4.43. The summed E-state index contributed by atoms with van der Waals surface area (Å²) in [7, 11) is 0. The Morgan fingerprint density at radius 1 is 1.24 bits per heavy atom. The molecule has 7 heteroatoms. The molecule has 33 heavy (non-hydrogen) atoms. The molecule has 1 N–H and O–H groups in total. The molecule has 3 heterocycles. The van der Waals surface area contributed by atoms with Crippen molar-refractivity contribution in [1.29, 1.82) is 0 Å². The molecule has 0 saturated carbocycles. The molecule has 1 atom stereocenters. The average molecular weight is 465 g/mol. The molecular weight excluding hydrogens is 436 g/mol. The number of hydrogen-bond acceptors (Lipinski definition) is 6. The van der Waals surface area contributed by atoms with E-state index < -0.39 is 0 Å². The molecule has 1 aliphatic heterocycles. The monoisotopic (exact) mass is 464 g/mol. The summed E-state index contributed by atoms with van der Waals surface area (Å²) in [6.45, 7) is 7.48. The van der Waals surface area contributed by atoms with Crippen LogP contribution in [0.25, 0.3) is 0 Å². The number of furan rings is 1. The lowest BCUT2D eigenvalue weighted by molar-refractivity contribution is 0.0947. The SMILES string of the molecule is CC(C)(C)[C@@H]1CCc2c(sc(N=Cc3ccc4c(c3)OCO4)c2C(=O)NCc2ccco2)C1. The number of hydrogen-bond donors (Lipinski definition) is 1. The maximum absolute atomic E-state index is 13.3. The number of nitrogens with one attached hydrogen (secondary N) is 1. The molecule has 2 aliphatic rings. The van der Waals surface area contributed by atoms with Crippen LogP contribution in [0.4, 0.5) is 5.00 Å². The van der Waals surface area contributed by atoms with E-state index in [1.54, 1.807) is 23.8 Å². The molecule has 1 aliphatic carbocycles. The topological polar surface area (TPSA) is 73.1 Å². The Kier molecular flexibility index (Phi) is 5.74. The first-order chi connectivity index (χ1) is 15.9. The van der Waals surface area contributed by atoms with Gasteiger partial charge in [0, 0.05) is 11.1 Å². The van der Waals surface area contributed by atoms with Crippen LogP contribution < -0.4 is 14.8 Å². The molecule has 0 spiro atoms. The smallest absolute Gasteiger partial charge is 0.255 e. The van der Waals surface area contributed by atoms with Crippen molar-refractivity contribution in [3.05, 3.63) is 63.9 Å². The summed E-state index contributed by atoms with van der Waals surface area (Å²) in [6, 6.07) is 9.41. The van der Waals surface area contributed by atoms with E-state index in [2.05, 4.69) is 26.1 Å². The summed E-state index contributed by atoms with van der Waals surface area (Å²) in [5.41, 5.74) is 2.99. The zero-order valence-corrected chi connectivity index (χ0v) is 20.0. The standard InChI is InChI=1S/C26H28N2O4S/c1-26(2,3)17-7-8-19-22(12-17)33-25(23(19)24(29)27-14-18-5-4-10-30-18)28-13-16-6-9-20-21(11-16)32-15-31-20/h4-6,9-11,13,17H,7-8,12,14-15H2,1-3H3,(H,27,29)/t17-/m1/s1. The van der Waals surface area contributed by atoms with Gasteiger partial charge in [-0.1, -0.05) is 20.8 Å². The van der Waals surface area contributed by atoms with Crippen molar-refractivity contribution in [3.63, 3.8) is 0 Å². The lowest BCUT2D eigenvalue weighted by Gasteiger charge is -2.33. The van der Waals surface area contributed by atoms with Gasteiger partial charge in [0.25, 0.3) is 5.91 Å². The van der Waals surface area contributed by atoms with E-state index in [0.717, 1.165) is 46.9 Å². The van der Waals surface area contributed by atoms with Crippen molar-refractivity contribution < 1.29 is 18.7 Å². The van der Waals surface area contributed by atoms with Crippen LogP contribution in [0.5, 0.6) is 11.5 Å². The highest BCUT2D eigenvalue weighted by Crippen LogP contribution is 2.45. The van der Waals surface area contributed by atoms with E-state index in [4.69, 9.17) is 18.9 Å². The molecule has 0 bridgehead atoms. The first-order valence-corrected chi connectivity index (χ1v) is 12.1. The van der Waals surface area contributed by atoms with Gasteiger partial charge in [-0.25, -0.2) is 4.99 Å². The van der Waals surface area contributed by atoms with Gasteiger partial charge in [-0.05, 0) is 72.1 Å². The zero-order chi connectivity index (χ0) is 23.0. The van der Waals surface area contributed by atoms with Crippen LogP contribution in [-0.2, 0) is 19.4 Å². The van der Waals surface area contributed by atoms with Gasteiger partial charge in [-0.15, -0.1) is 11.3 Å². The molecule has 5 rings (SSSR count). The van der Waals surface area contributed by atoms with Crippen molar-refractivity contribution in [1.82, 2.24) is 5.32 Å². The van der Waals surface area contributed by atoms with Crippen LogP contribution in [0.3, 0.4) is 0 Å². The van der Waals surface area contributed by atoms with Crippen molar-refractivity contribution in [2.45, 2.75) is 46.6 Å². The highest BCUT2D eigenvalue weighted by Gasteiger charge is 2.33. The molecule has 0 saturated heterocycles. The van der Waals surface area contributed by atoms with Crippen LogP contribution in [0.1, 0.15) is 59.3 Å². The lowest BCUT2D eigenvalue weighted by atomic mass is 9.72. The number of fused-ring (bicyclic) bond motifs is 2. The average Bonchev–Trinajstić information content (AvgIpc) is 3.54. The number of ether oxygens (including phenoxy) is 2. The zero-order valence-electron chi connectivity index (χ0n) is 19.1. The molecule has 1 amide bonds. The fraction of sp³-hybridized carbons (Fsp3) is 0.385. The number of nitrogens with zero attached hydrogens (tertiary/aromatic N) is 1. The Bertz CT molecular complexity index is 1190. The van der Waals surface area contributed by atoms with Gasteiger partial charge >= 0.3 is 0 Å². The minimum atomic E-state index is -0.101. The quantitative estimate of drug-likeness (QED) is 0.477. The summed E-state index contributed by atoms with van der Waals surface area (Å²) in [5.74, 6) is 2.67. The van der Waals surface area contributed by atoms with Crippen LogP contribution >= 0.6 is 11.3 Å². The number of thiophene rings is 1. The second-order valence-corrected chi connectivity index (χ2v) is 10.7. The Hall–Kier alpha value is -3.06. The molecule has 3 aromatic rings. The number of carbonyl (C=O) groups is 1. The van der Waals surface area contributed by atoms with Gasteiger partial charge < -0.3 is 19.2 Å². The van der Waals surface area contributed by atoms with Crippen LogP contribution in [0, 0.1) is 11.3 Å². The molecular formula is C26H28N2O4S. The van der Waals surface area contributed by atoms with Gasteiger partial charge in [0.05, 0.1) is 18.4 Å². The predicted octanol–water partition coefficient (Wildman–Crippen LogP) is 5.90. The van der Waals surface area contributed by atoms with Gasteiger partial charge in [0.1, 0.15) is 10.8 Å². The summed E-state index contributed by atoms with van der Waals surface area (Å²) in [4.78, 5) is 19.3. The van der Waals surface area contributed by atoms with Crippen LogP contribution in [0.2, 0.25) is 0 Å². The highest BCUT2D eigenvalue weighted by molar-refractivity contribution is 7.16. The van der Waals surface area contributed by atoms with Gasteiger partial charge in [-0.2, -0.15) is 0 Å². The normalized spacial score (nSPS) is 17.4. The number of rotatable bonds is 5. The van der Waals surface area contributed by atoms with E-state index in [1.165, 1.54) is 4.88 Å². The fourth-order valence-corrected chi connectivity index (χ4v) is 5.70. The molecule has 0 radical (unpaired) electrons. The maximum atomic E-state index is 13.3. The van der Waals surface area contributed by atoms with Crippen molar-refractivity contribution in [2.75, 3.05) is 6.79 Å². The number of aliphatic imine (C=N–C) groups is 1. The minimum absolute atomic E-state index is 0.101. The van der Waals surface area contributed by atoms with Gasteiger partial charge in [-0.3, -0.25) is 4.79 Å². The Morgan fingerprint density at radius 3 is 2.88 bits per heavy atom. The van der Waals surface area contributed by atoms with E-state index >= 15 is 0 Å². The van der Waals surface area contributed by atoms with E-state index in [9.17, 15) is 4.79 Å². The Balaban J connectivity index is 1.45. The van der Waals surface area contributed by atoms with Crippen molar-refractivity contribution >= 4 is 28.5 Å². The number of benzene rings is 1. The third kappa shape index (κ3) is 4.55. The Morgan fingerprint density at radius 2 is 2.09 bits per heavy atom.